The lowest BCUT2D eigenvalue weighted by molar-refractivity contribution is -0.121. The molecule has 0 bridgehead atoms. The monoisotopic (exact) mass is 278 g/mol. The molecule has 0 aliphatic carbocycles. The first kappa shape index (κ1) is 17.4. The number of hydrogen-bond donors (Lipinski definition) is 2. The van der Waals surface area contributed by atoms with Crippen LogP contribution in [0.25, 0.3) is 0 Å². The minimum absolute atomic E-state index is 0.0163. The van der Waals surface area contributed by atoms with Gasteiger partial charge in [0.1, 0.15) is 0 Å². The number of rotatable bonds is 10. The van der Waals surface area contributed by atoms with Crippen LogP contribution in [0.3, 0.4) is 0 Å². The van der Waals surface area contributed by atoms with Gasteiger partial charge in [-0.15, -0.1) is 0 Å². The lowest BCUT2D eigenvalue weighted by Gasteiger charge is -2.13. The molecule has 1 unspecified atom stereocenters. The second kappa shape index (κ2) is 9.33. The van der Waals surface area contributed by atoms with Crippen LogP contribution in [-0.4, -0.2) is 38.4 Å². The van der Waals surface area contributed by atoms with Gasteiger partial charge in [0.15, 0.2) is 9.84 Å². The van der Waals surface area contributed by atoms with Crippen LogP contribution in [0.1, 0.15) is 46.0 Å². The topological polar surface area (TPSA) is 89.3 Å². The summed E-state index contributed by atoms with van der Waals surface area (Å²) in [5.41, 5.74) is 5.37. The van der Waals surface area contributed by atoms with Crippen LogP contribution in [0.2, 0.25) is 0 Å². The Morgan fingerprint density at radius 1 is 1.22 bits per heavy atom. The SMILES string of the molecule is CCS(=O)(=O)CC(C)NC(=O)CCCCCCN. The fourth-order valence-electron chi connectivity index (χ4n) is 1.67. The average molecular weight is 278 g/mol. The molecule has 0 saturated heterocycles. The molecule has 0 aromatic heterocycles. The third kappa shape index (κ3) is 9.41. The van der Waals surface area contributed by atoms with E-state index in [4.69, 9.17) is 5.73 Å². The minimum atomic E-state index is -3.03. The molecule has 0 rings (SSSR count). The maximum atomic E-state index is 11.5. The first-order chi connectivity index (χ1) is 8.41. The van der Waals surface area contributed by atoms with Gasteiger partial charge in [-0.3, -0.25) is 4.79 Å². The lowest BCUT2D eigenvalue weighted by atomic mass is 10.1. The Kier molecular flexibility index (Phi) is 9.01. The van der Waals surface area contributed by atoms with Gasteiger partial charge in [-0.05, 0) is 26.3 Å². The molecule has 6 heteroatoms. The Balaban J connectivity index is 3.74. The van der Waals surface area contributed by atoms with Crippen LogP contribution in [0, 0.1) is 0 Å². The van der Waals surface area contributed by atoms with Gasteiger partial charge < -0.3 is 11.1 Å². The van der Waals surface area contributed by atoms with Gasteiger partial charge >= 0.3 is 0 Å². The van der Waals surface area contributed by atoms with Gasteiger partial charge in [-0.25, -0.2) is 8.42 Å². The summed E-state index contributed by atoms with van der Waals surface area (Å²) in [6.45, 7) is 4.03. The Morgan fingerprint density at radius 3 is 2.39 bits per heavy atom. The van der Waals surface area contributed by atoms with Crippen LogP contribution < -0.4 is 11.1 Å². The molecule has 108 valence electrons. The van der Waals surface area contributed by atoms with E-state index in [1.54, 1.807) is 13.8 Å². The van der Waals surface area contributed by atoms with E-state index >= 15 is 0 Å². The van der Waals surface area contributed by atoms with Crippen molar-refractivity contribution in [2.24, 2.45) is 5.73 Å². The third-order valence-electron chi connectivity index (χ3n) is 2.71. The Labute approximate surface area is 110 Å². The van der Waals surface area contributed by atoms with Gasteiger partial charge in [-0.1, -0.05) is 19.8 Å². The number of unbranched alkanes of at least 4 members (excludes halogenated alkanes) is 3. The molecule has 1 atom stereocenters. The minimum Gasteiger partial charge on any atom is -0.353 e. The summed E-state index contributed by atoms with van der Waals surface area (Å²) < 4.78 is 22.7. The summed E-state index contributed by atoms with van der Waals surface area (Å²) in [6, 6.07) is -0.313. The number of sulfone groups is 1. The molecule has 0 aromatic rings. The van der Waals surface area contributed by atoms with Crippen LogP contribution in [0.15, 0.2) is 0 Å². The van der Waals surface area contributed by atoms with Crippen LogP contribution in [-0.2, 0) is 14.6 Å². The predicted molar refractivity (Wildman–Crippen MR) is 74.1 cm³/mol. The van der Waals surface area contributed by atoms with Crippen molar-refractivity contribution in [1.29, 1.82) is 0 Å². The number of hydrogen-bond acceptors (Lipinski definition) is 4. The molecule has 0 aliphatic heterocycles. The molecule has 0 saturated carbocycles. The zero-order valence-corrected chi connectivity index (χ0v) is 12.3. The molecule has 5 nitrogen and oxygen atoms in total. The zero-order chi connectivity index (χ0) is 14.0. The first-order valence-corrected chi connectivity index (χ1v) is 8.43. The Morgan fingerprint density at radius 2 is 1.83 bits per heavy atom. The van der Waals surface area contributed by atoms with Crippen molar-refractivity contribution in [3.8, 4) is 0 Å². The van der Waals surface area contributed by atoms with Gasteiger partial charge in [-0.2, -0.15) is 0 Å². The highest BCUT2D eigenvalue weighted by atomic mass is 32.2. The fourth-order valence-corrected chi connectivity index (χ4v) is 2.75. The summed E-state index contributed by atoms with van der Waals surface area (Å²) in [5, 5.41) is 2.72. The standard InChI is InChI=1S/C12H26N2O3S/c1-3-18(16,17)10-11(2)14-12(15)8-6-4-5-7-9-13/h11H,3-10,13H2,1-2H3,(H,14,15). The highest BCUT2D eigenvalue weighted by Gasteiger charge is 2.15. The summed E-state index contributed by atoms with van der Waals surface area (Å²) >= 11 is 0. The summed E-state index contributed by atoms with van der Waals surface area (Å²) in [5.74, 6) is 0.0656. The van der Waals surface area contributed by atoms with Crippen molar-refractivity contribution < 1.29 is 13.2 Å². The molecule has 0 aromatic carbocycles. The second-order valence-corrected chi connectivity index (χ2v) is 7.02. The summed E-state index contributed by atoms with van der Waals surface area (Å²) in [4.78, 5) is 11.5. The molecule has 1 amide bonds. The molecule has 0 aliphatic rings. The molecule has 0 radical (unpaired) electrons. The number of carbonyl (C=O) groups is 1. The van der Waals surface area contributed by atoms with Crippen LogP contribution in [0.5, 0.6) is 0 Å². The number of nitrogens with one attached hydrogen (secondary N) is 1. The molecule has 18 heavy (non-hydrogen) atoms. The van der Waals surface area contributed by atoms with Gasteiger partial charge in [0.2, 0.25) is 5.91 Å². The fraction of sp³-hybridized carbons (Fsp3) is 0.917. The average Bonchev–Trinajstić information content (AvgIpc) is 2.27. The van der Waals surface area contributed by atoms with Crippen molar-refractivity contribution >= 4 is 15.7 Å². The highest BCUT2D eigenvalue weighted by Crippen LogP contribution is 2.02. The largest absolute Gasteiger partial charge is 0.353 e. The number of nitrogens with two attached hydrogens (primary N) is 1. The van der Waals surface area contributed by atoms with E-state index in [-0.39, 0.29) is 23.5 Å². The third-order valence-corrected chi connectivity index (χ3v) is 4.60. The maximum absolute atomic E-state index is 11.5. The van der Waals surface area contributed by atoms with E-state index in [0.29, 0.717) is 13.0 Å². The highest BCUT2D eigenvalue weighted by molar-refractivity contribution is 7.91. The normalized spacial score (nSPS) is 13.3. The Bertz CT molecular complexity index is 328. The van der Waals surface area contributed by atoms with E-state index in [1.807, 2.05) is 0 Å². The quantitative estimate of drug-likeness (QED) is 0.579. The summed E-state index contributed by atoms with van der Waals surface area (Å²) in [6.07, 6.45) is 4.32. The van der Waals surface area contributed by atoms with E-state index in [9.17, 15) is 13.2 Å². The lowest BCUT2D eigenvalue weighted by Crippen LogP contribution is -2.37. The van der Waals surface area contributed by atoms with E-state index < -0.39 is 9.84 Å². The van der Waals surface area contributed by atoms with Crippen LogP contribution >= 0.6 is 0 Å². The van der Waals surface area contributed by atoms with Crippen molar-refractivity contribution in [2.75, 3.05) is 18.1 Å². The second-order valence-electron chi connectivity index (χ2n) is 4.62. The van der Waals surface area contributed by atoms with Gasteiger partial charge in [0.25, 0.3) is 0 Å². The summed E-state index contributed by atoms with van der Waals surface area (Å²) in [7, 11) is -3.03. The number of amides is 1. The van der Waals surface area contributed by atoms with Crippen molar-refractivity contribution in [3.05, 3.63) is 0 Å². The molecular formula is C12H26N2O3S. The number of carbonyl (C=O) groups excluding carboxylic acids is 1. The molecule has 0 fully saturated rings. The van der Waals surface area contributed by atoms with E-state index in [0.717, 1.165) is 25.7 Å². The van der Waals surface area contributed by atoms with Gasteiger partial charge in [0, 0.05) is 18.2 Å². The van der Waals surface area contributed by atoms with Crippen LogP contribution in [0.4, 0.5) is 0 Å². The van der Waals surface area contributed by atoms with Crippen molar-refractivity contribution in [3.63, 3.8) is 0 Å². The van der Waals surface area contributed by atoms with Crippen molar-refractivity contribution in [2.45, 2.75) is 52.0 Å². The zero-order valence-electron chi connectivity index (χ0n) is 11.4. The molecular weight excluding hydrogens is 252 g/mol. The molecule has 0 heterocycles. The van der Waals surface area contributed by atoms with Gasteiger partial charge in [0.05, 0.1) is 5.75 Å². The molecule has 0 spiro atoms. The van der Waals surface area contributed by atoms with E-state index in [1.165, 1.54) is 0 Å². The predicted octanol–water partition coefficient (Wildman–Crippen LogP) is 0.835. The Hall–Kier alpha value is -0.620. The van der Waals surface area contributed by atoms with E-state index in [2.05, 4.69) is 5.32 Å². The van der Waals surface area contributed by atoms with Crippen molar-refractivity contribution in [1.82, 2.24) is 5.32 Å². The maximum Gasteiger partial charge on any atom is 0.220 e. The smallest absolute Gasteiger partial charge is 0.220 e. The molecule has 3 N–H and O–H groups in total. The first-order valence-electron chi connectivity index (χ1n) is 6.61.